The van der Waals surface area contributed by atoms with Crippen LogP contribution in [-0.2, 0) is 14.3 Å². The zero-order chi connectivity index (χ0) is 27.4. The number of ketones is 1. The lowest BCUT2D eigenvalue weighted by Gasteiger charge is -2.37. The number of hydrogen-bond acceptors (Lipinski definition) is 7. The number of carbonyl (C=O) groups is 2. The molecule has 0 saturated carbocycles. The van der Waals surface area contributed by atoms with Gasteiger partial charge in [0, 0.05) is 34.9 Å². The monoisotopic (exact) mass is 519 g/mol. The first-order chi connectivity index (χ1) is 18.3. The van der Waals surface area contributed by atoms with Crippen molar-refractivity contribution in [2.45, 2.75) is 64.9 Å². The normalized spacial score (nSPS) is 21.8. The molecule has 2 aromatic rings. The van der Waals surface area contributed by atoms with E-state index in [1.165, 1.54) is 0 Å². The molecule has 7 nitrogen and oxygen atoms in total. The lowest BCUT2D eigenvalue weighted by molar-refractivity contribution is -0.151. The molecule has 0 saturated heterocycles. The first kappa shape index (κ1) is 27.4. The summed E-state index contributed by atoms with van der Waals surface area (Å²) in [6.07, 6.45) is 1.36. The molecule has 1 aliphatic carbocycles. The number of carbonyl (C=O) groups excluding carboxylic acids is 2. The fourth-order valence-electron chi connectivity index (χ4n) is 5.42. The van der Waals surface area contributed by atoms with E-state index in [2.05, 4.69) is 0 Å². The van der Waals surface area contributed by atoms with Crippen LogP contribution in [0.2, 0.25) is 0 Å². The highest BCUT2D eigenvalue weighted by atomic mass is 16.5. The Morgan fingerprint density at radius 1 is 1.03 bits per heavy atom. The van der Waals surface area contributed by atoms with Crippen molar-refractivity contribution < 1.29 is 28.5 Å². The summed E-state index contributed by atoms with van der Waals surface area (Å²) < 4.78 is 22.6. The van der Waals surface area contributed by atoms with E-state index in [0.29, 0.717) is 54.4 Å². The zero-order valence-corrected chi connectivity index (χ0v) is 23.1. The van der Waals surface area contributed by atoms with Gasteiger partial charge in [-0.05, 0) is 63.3 Å². The standard InChI is InChI=1S/C31H37NO6/c1-7-18(3)38-31(34)28-19(4)32-23-15-21(20-13-14-26(35-5)27(17-20)36-6)16-24(33)30(23)29(28)22-11-9-10-12-25(22)37-8-2/h9-14,17-18,21,28-29H,7-8,15-16H2,1-6H3/t18-,21-,28?,29-/m1/s1. The van der Waals surface area contributed by atoms with Gasteiger partial charge in [0.25, 0.3) is 0 Å². The van der Waals surface area contributed by atoms with Gasteiger partial charge in [0.15, 0.2) is 17.3 Å². The number of ether oxygens (including phenoxy) is 4. The molecule has 2 aromatic carbocycles. The van der Waals surface area contributed by atoms with Gasteiger partial charge >= 0.3 is 5.97 Å². The van der Waals surface area contributed by atoms with Crippen molar-refractivity contribution in [3.8, 4) is 17.2 Å². The van der Waals surface area contributed by atoms with Crippen LogP contribution in [0.3, 0.4) is 0 Å². The Labute approximate surface area is 224 Å². The molecule has 1 heterocycles. The van der Waals surface area contributed by atoms with Crippen molar-refractivity contribution in [2.24, 2.45) is 10.9 Å². The fourth-order valence-corrected chi connectivity index (χ4v) is 5.42. The van der Waals surface area contributed by atoms with Crippen LogP contribution in [0.5, 0.6) is 17.2 Å². The molecule has 0 aromatic heterocycles. The van der Waals surface area contributed by atoms with Crippen molar-refractivity contribution in [2.75, 3.05) is 20.8 Å². The number of rotatable bonds is 9. The third-order valence-corrected chi connectivity index (χ3v) is 7.47. The highest BCUT2D eigenvalue weighted by molar-refractivity contribution is 6.09. The van der Waals surface area contributed by atoms with Crippen molar-refractivity contribution in [3.05, 3.63) is 64.9 Å². The van der Waals surface area contributed by atoms with E-state index in [-0.39, 0.29) is 23.8 Å². The van der Waals surface area contributed by atoms with Gasteiger partial charge in [0.05, 0.1) is 26.9 Å². The van der Waals surface area contributed by atoms with Crippen molar-refractivity contribution >= 4 is 17.5 Å². The molecule has 0 amide bonds. The van der Waals surface area contributed by atoms with Crippen molar-refractivity contribution in [1.29, 1.82) is 0 Å². The largest absolute Gasteiger partial charge is 0.494 e. The summed E-state index contributed by atoms with van der Waals surface area (Å²) in [5.41, 5.74) is 3.75. The van der Waals surface area contributed by atoms with Crippen LogP contribution >= 0.6 is 0 Å². The number of methoxy groups -OCH3 is 2. The van der Waals surface area contributed by atoms with Crippen LogP contribution in [0.15, 0.2) is 58.7 Å². The number of Topliss-reactive ketones (excluding diaryl/α,β-unsaturated/α-hetero) is 1. The maximum Gasteiger partial charge on any atom is 0.315 e. The summed E-state index contributed by atoms with van der Waals surface area (Å²) in [5, 5.41) is 0. The minimum Gasteiger partial charge on any atom is -0.494 e. The van der Waals surface area contributed by atoms with Crippen LogP contribution in [0, 0.1) is 5.92 Å². The molecule has 0 bridgehead atoms. The molecule has 0 fully saturated rings. The minimum atomic E-state index is -0.703. The highest BCUT2D eigenvalue weighted by Gasteiger charge is 2.46. The third kappa shape index (κ3) is 5.33. The minimum absolute atomic E-state index is 0.0140. The highest BCUT2D eigenvalue weighted by Crippen LogP contribution is 2.49. The van der Waals surface area contributed by atoms with E-state index in [1.54, 1.807) is 14.2 Å². The summed E-state index contributed by atoms with van der Waals surface area (Å²) in [6.45, 7) is 8.10. The molecular formula is C31H37NO6. The average molecular weight is 520 g/mol. The zero-order valence-electron chi connectivity index (χ0n) is 23.1. The number of benzene rings is 2. The Bertz CT molecular complexity index is 1260. The molecule has 4 atom stereocenters. The number of para-hydroxylation sites is 1. The van der Waals surface area contributed by atoms with Gasteiger partial charge < -0.3 is 18.9 Å². The van der Waals surface area contributed by atoms with Crippen LogP contribution < -0.4 is 14.2 Å². The molecule has 202 valence electrons. The van der Waals surface area contributed by atoms with Gasteiger partial charge in [-0.2, -0.15) is 0 Å². The predicted molar refractivity (Wildman–Crippen MR) is 146 cm³/mol. The molecule has 0 radical (unpaired) electrons. The van der Waals surface area contributed by atoms with Crippen LogP contribution in [-0.4, -0.2) is 44.4 Å². The van der Waals surface area contributed by atoms with Crippen LogP contribution in [0.1, 0.15) is 69.9 Å². The first-order valence-corrected chi connectivity index (χ1v) is 13.3. The molecule has 0 N–H and O–H groups in total. The molecule has 0 spiro atoms. The molecule has 2 aliphatic rings. The SMILES string of the molecule is CCOc1ccccc1[C@H]1C2=C(C[C@@H](c3ccc(OC)c(OC)c3)CC2=O)N=C(C)C1C(=O)O[C@H](C)CC. The van der Waals surface area contributed by atoms with Gasteiger partial charge in [-0.25, -0.2) is 0 Å². The van der Waals surface area contributed by atoms with E-state index < -0.39 is 11.8 Å². The molecule has 1 unspecified atom stereocenters. The van der Waals surface area contributed by atoms with E-state index >= 15 is 0 Å². The lowest BCUT2D eigenvalue weighted by Crippen LogP contribution is -2.39. The van der Waals surface area contributed by atoms with Crippen LogP contribution in [0.25, 0.3) is 0 Å². The van der Waals surface area contributed by atoms with Crippen molar-refractivity contribution in [3.63, 3.8) is 0 Å². The Morgan fingerprint density at radius 2 is 1.76 bits per heavy atom. The van der Waals surface area contributed by atoms with Gasteiger partial charge in [-0.1, -0.05) is 31.2 Å². The molecule has 38 heavy (non-hydrogen) atoms. The summed E-state index contributed by atoms with van der Waals surface area (Å²) in [4.78, 5) is 32.3. The summed E-state index contributed by atoms with van der Waals surface area (Å²) in [6, 6.07) is 13.4. The summed E-state index contributed by atoms with van der Waals surface area (Å²) in [7, 11) is 3.20. The Hall–Kier alpha value is -3.61. The van der Waals surface area contributed by atoms with Gasteiger partial charge in [-0.3, -0.25) is 14.6 Å². The van der Waals surface area contributed by atoms with E-state index in [1.807, 2.05) is 70.2 Å². The fraction of sp³-hybridized carbons (Fsp3) is 0.452. The maximum atomic E-state index is 13.9. The summed E-state index contributed by atoms with van der Waals surface area (Å²) in [5.74, 6) is 0.253. The predicted octanol–water partition coefficient (Wildman–Crippen LogP) is 6.02. The van der Waals surface area contributed by atoms with Crippen LogP contribution in [0.4, 0.5) is 0 Å². The maximum absolute atomic E-state index is 13.9. The second-order valence-corrected chi connectivity index (χ2v) is 9.84. The van der Waals surface area contributed by atoms with E-state index in [4.69, 9.17) is 23.9 Å². The van der Waals surface area contributed by atoms with Crippen molar-refractivity contribution in [1.82, 2.24) is 0 Å². The summed E-state index contributed by atoms with van der Waals surface area (Å²) >= 11 is 0. The van der Waals surface area contributed by atoms with Gasteiger partial charge in [-0.15, -0.1) is 0 Å². The first-order valence-electron chi connectivity index (χ1n) is 13.3. The topological polar surface area (TPSA) is 83.4 Å². The number of allylic oxidation sites excluding steroid dienone is 2. The molecule has 4 rings (SSSR count). The smallest absolute Gasteiger partial charge is 0.315 e. The number of esters is 1. The number of aliphatic imine (C=N–C) groups is 1. The Kier molecular flexibility index (Phi) is 8.55. The van der Waals surface area contributed by atoms with Gasteiger partial charge in [0.1, 0.15) is 11.7 Å². The lowest BCUT2D eigenvalue weighted by atomic mass is 9.69. The third-order valence-electron chi connectivity index (χ3n) is 7.47. The molecule has 7 heteroatoms. The van der Waals surface area contributed by atoms with E-state index in [9.17, 15) is 9.59 Å². The number of nitrogens with zero attached hydrogens (tertiary/aromatic N) is 1. The molecule has 1 aliphatic heterocycles. The Balaban J connectivity index is 1.80. The van der Waals surface area contributed by atoms with E-state index in [0.717, 1.165) is 16.8 Å². The second kappa shape index (κ2) is 11.8. The quantitative estimate of drug-likeness (QED) is 0.377. The van der Waals surface area contributed by atoms with Gasteiger partial charge in [0.2, 0.25) is 0 Å². The second-order valence-electron chi connectivity index (χ2n) is 9.84. The Morgan fingerprint density at radius 3 is 2.45 bits per heavy atom. The molecular weight excluding hydrogens is 482 g/mol. The average Bonchev–Trinajstić information content (AvgIpc) is 2.92. The number of hydrogen-bond donors (Lipinski definition) is 0.